The van der Waals surface area contributed by atoms with Crippen molar-refractivity contribution in [1.82, 2.24) is 0 Å². The van der Waals surface area contributed by atoms with E-state index in [-0.39, 0.29) is 11.5 Å². The molecule has 1 N–H and O–H groups in total. The normalized spacial score (nSPS) is 11.2. The lowest BCUT2D eigenvalue weighted by atomic mass is 10.00. The van der Waals surface area contributed by atoms with E-state index < -0.39 is 5.97 Å². The highest BCUT2D eigenvalue weighted by atomic mass is 16.4. The molecule has 0 spiro atoms. The lowest BCUT2D eigenvalue weighted by Crippen LogP contribution is -2.07. The van der Waals surface area contributed by atoms with Gasteiger partial charge in [-0.05, 0) is 13.8 Å². The van der Waals surface area contributed by atoms with Crippen molar-refractivity contribution in [2.75, 3.05) is 0 Å². The Hall–Kier alpha value is -1.27. The molecule has 0 saturated heterocycles. The van der Waals surface area contributed by atoms with E-state index in [1.54, 1.807) is 0 Å². The van der Waals surface area contributed by atoms with Gasteiger partial charge in [0.15, 0.2) is 0 Å². The molecule has 2 nitrogen and oxygen atoms in total. The van der Waals surface area contributed by atoms with Crippen molar-refractivity contribution in [3.63, 3.8) is 0 Å². The summed E-state index contributed by atoms with van der Waals surface area (Å²) in [4.78, 5) is 10.6. The molecule has 0 aromatic carbocycles. The molecule has 2 heteroatoms. The Morgan fingerprint density at radius 1 is 1.58 bits per heavy atom. The van der Waals surface area contributed by atoms with E-state index in [4.69, 9.17) is 5.11 Å². The second-order valence-corrected chi connectivity index (χ2v) is 2.93. The Morgan fingerprint density at radius 3 is 2.33 bits per heavy atom. The van der Waals surface area contributed by atoms with Crippen LogP contribution in [0.4, 0.5) is 0 Å². The third kappa shape index (κ3) is 3.22. The fraction of sp³-hybridized carbons (Fsp3) is 0.400. The predicted molar refractivity (Wildman–Crippen MR) is 48.9 cm³/mol. The Bertz CT molecular complexity index is 251. The smallest absolute Gasteiger partial charge is 0.340 e. The molecular formula is C10H14O2. The second-order valence-electron chi connectivity index (χ2n) is 2.93. The van der Waals surface area contributed by atoms with Crippen LogP contribution in [0.25, 0.3) is 0 Å². The van der Waals surface area contributed by atoms with Gasteiger partial charge in [0.1, 0.15) is 0 Å². The summed E-state index contributed by atoms with van der Waals surface area (Å²) in [6, 6.07) is 0. The molecular weight excluding hydrogens is 152 g/mol. The molecule has 0 heterocycles. The van der Waals surface area contributed by atoms with Gasteiger partial charge < -0.3 is 5.11 Å². The number of carboxylic acids is 1. The number of allylic oxidation sites excluding steroid dienone is 2. The van der Waals surface area contributed by atoms with E-state index >= 15 is 0 Å². The van der Waals surface area contributed by atoms with Crippen molar-refractivity contribution < 1.29 is 9.90 Å². The summed E-state index contributed by atoms with van der Waals surface area (Å²) in [5.41, 5.74) is 3.74. The topological polar surface area (TPSA) is 37.3 Å². The van der Waals surface area contributed by atoms with Crippen molar-refractivity contribution in [2.45, 2.75) is 20.8 Å². The largest absolute Gasteiger partial charge is 0.477 e. The van der Waals surface area contributed by atoms with Crippen LogP contribution in [0, 0.1) is 5.92 Å². The number of carbonyl (C=O) groups is 1. The van der Waals surface area contributed by atoms with Crippen LogP contribution in [0.3, 0.4) is 0 Å². The third-order valence-corrected chi connectivity index (χ3v) is 1.46. The van der Waals surface area contributed by atoms with Gasteiger partial charge in [-0.3, -0.25) is 0 Å². The average Bonchev–Trinajstić information content (AvgIpc) is 1.85. The second kappa shape index (κ2) is 4.58. The molecule has 1 atom stereocenters. The summed E-state index contributed by atoms with van der Waals surface area (Å²) in [6.07, 6.45) is 1.88. The van der Waals surface area contributed by atoms with E-state index in [2.05, 4.69) is 12.3 Å². The molecule has 0 aromatic heterocycles. The van der Waals surface area contributed by atoms with Crippen LogP contribution < -0.4 is 0 Å². The molecule has 0 saturated carbocycles. The van der Waals surface area contributed by atoms with E-state index in [1.165, 1.54) is 0 Å². The fourth-order valence-corrected chi connectivity index (χ4v) is 1.01. The van der Waals surface area contributed by atoms with Gasteiger partial charge in [-0.25, -0.2) is 4.79 Å². The van der Waals surface area contributed by atoms with Crippen molar-refractivity contribution >= 4 is 5.97 Å². The van der Waals surface area contributed by atoms with Crippen LogP contribution in [-0.4, -0.2) is 11.1 Å². The maximum atomic E-state index is 10.6. The van der Waals surface area contributed by atoms with Crippen molar-refractivity contribution in [3.05, 3.63) is 29.5 Å². The molecule has 0 radical (unpaired) electrons. The summed E-state index contributed by atoms with van der Waals surface area (Å²) in [5.74, 6) is -1.07. The first kappa shape index (κ1) is 10.7. The summed E-state index contributed by atoms with van der Waals surface area (Å²) < 4.78 is 0. The lowest BCUT2D eigenvalue weighted by Gasteiger charge is -2.04. The van der Waals surface area contributed by atoms with Gasteiger partial charge in [-0.1, -0.05) is 25.2 Å². The van der Waals surface area contributed by atoms with Crippen LogP contribution in [0.5, 0.6) is 0 Å². The van der Waals surface area contributed by atoms with Gasteiger partial charge in [0.25, 0.3) is 0 Å². The number of rotatable bonds is 3. The number of hydrogen-bond donors (Lipinski definition) is 1. The minimum absolute atomic E-state index is 0.120. The van der Waals surface area contributed by atoms with Crippen molar-refractivity contribution in [2.24, 2.45) is 5.92 Å². The fourth-order valence-electron chi connectivity index (χ4n) is 1.01. The predicted octanol–water partition coefficient (Wildman–Crippen LogP) is 2.38. The minimum atomic E-state index is -0.949. The number of aliphatic carboxylic acids is 1. The first-order valence-corrected chi connectivity index (χ1v) is 3.77. The van der Waals surface area contributed by atoms with E-state index in [0.717, 1.165) is 5.57 Å². The molecule has 0 amide bonds. The highest BCUT2D eigenvalue weighted by Gasteiger charge is 2.12. The number of hydrogen-bond acceptors (Lipinski definition) is 1. The van der Waals surface area contributed by atoms with E-state index in [1.807, 2.05) is 26.8 Å². The Balaban J connectivity index is 4.68. The molecule has 1 unspecified atom stereocenters. The first-order valence-electron chi connectivity index (χ1n) is 3.77. The van der Waals surface area contributed by atoms with Crippen molar-refractivity contribution in [1.29, 1.82) is 0 Å². The van der Waals surface area contributed by atoms with Crippen LogP contribution in [0.2, 0.25) is 0 Å². The van der Waals surface area contributed by atoms with E-state index in [0.29, 0.717) is 0 Å². The van der Waals surface area contributed by atoms with Crippen LogP contribution >= 0.6 is 0 Å². The third-order valence-electron chi connectivity index (χ3n) is 1.46. The zero-order valence-electron chi connectivity index (χ0n) is 7.72. The van der Waals surface area contributed by atoms with Gasteiger partial charge in [0.05, 0.1) is 5.57 Å². The Morgan fingerprint density at radius 2 is 2.08 bits per heavy atom. The monoisotopic (exact) mass is 166 g/mol. The maximum absolute atomic E-state index is 10.6. The zero-order valence-corrected chi connectivity index (χ0v) is 7.72. The minimum Gasteiger partial charge on any atom is -0.477 e. The van der Waals surface area contributed by atoms with Gasteiger partial charge in [-0.15, -0.1) is 5.73 Å². The van der Waals surface area contributed by atoms with Crippen LogP contribution in [-0.2, 0) is 4.79 Å². The summed E-state index contributed by atoms with van der Waals surface area (Å²) >= 11 is 0. The molecule has 0 bridgehead atoms. The molecule has 12 heavy (non-hydrogen) atoms. The van der Waals surface area contributed by atoms with E-state index in [9.17, 15) is 4.79 Å². The van der Waals surface area contributed by atoms with Crippen LogP contribution in [0.1, 0.15) is 20.8 Å². The van der Waals surface area contributed by atoms with Gasteiger partial charge in [-0.2, -0.15) is 0 Å². The van der Waals surface area contributed by atoms with Gasteiger partial charge in [0.2, 0.25) is 0 Å². The quantitative estimate of drug-likeness (QED) is 0.397. The van der Waals surface area contributed by atoms with Crippen molar-refractivity contribution in [3.8, 4) is 0 Å². The molecule has 0 aliphatic heterocycles. The highest BCUT2D eigenvalue weighted by molar-refractivity contribution is 5.87. The molecule has 0 aliphatic carbocycles. The summed E-state index contributed by atoms with van der Waals surface area (Å²) in [6.45, 7) is 9.01. The summed E-state index contributed by atoms with van der Waals surface area (Å²) in [5, 5.41) is 8.69. The molecule has 0 fully saturated rings. The Labute approximate surface area is 72.9 Å². The average molecular weight is 166 g/mol. The maximum Gasteiger partial charge on any atom is 0.340 e. The molecule has 0 aliphatic rings. The SMILES string of the molecule is C=C=C(C(=O)O)C(C)C=C(C)C. The molecule has 66 valence electrons. The number of carboxylic acid groups (broad SMARTS) is 1. The highest BCUT2D eigenvalue weighted by Crippen LogP contribution is 2.12. The lowest BCUT2D eigenvalue weighted by molar-refractivity contribution is -0.133. The molecule has 0 aromatic rings. The first-order chi connectivity index (χ1) is 5.49. The molecule has 0 rings (SSSR count). The van der Waals surface area contributed by atoms with Gasteiger partial charge >= 0.3 is 5.97 Å². The Kier molecular flexibility index (Phi) is 4.09. The summed E-state index contributed by atoms with van der Waals surface area (Å²) in [7, 11) is 0. The standard InChI is InChI=1S/C10H14O2/c1-5-9(10(11)12)8(4)6-7(2)3/h6,8H,1H2,2-4H3,(H,11,12). The zero-order chi connectivity index (χ0) is 9.72. The van der Waals surface area contributed by atoms with Gasteiger partial charge in [0, 0.05) is 5.92 Å². The van der Waals surface area contributed by atoms with Crippen LogP contribution in [0.15, 0.2) is 29.5 Å².